The lowest BCUT2D eigenvalue weighted by atomic mass is 10.1. The molecule has 0 spiro atoms. The monoisotopic (exact) mass is 504 g/mol. The molecule has 0 bridgehead atoms. The first kappa shape index (κ1) is 25.7. The Morgan fingerprint density at radius 2 is 1.72 bits per heavy atom. The lowest BCUT2D eigenvalue weighted by molar-refractivity contribution is -0.142. The Balaban J connectivity index is 2.15. The maximum atomic E-state index is 13.1. The van der Waals surface area contributed by atoms with Crippen LogP contribution in [0.2, 0.25) is 0 Å². The lowest BCUT2D eigenvalue weighted by Crippen LogP contribution is -2.49. The van der Waals surface area contributed by atoms with Gasteiger partial charge in [0.2, 0.25) is 5.91 Å². The number of carbonyl (C=O) groups excluding carboxylic acids is 2. The molecule has 0 aromatic heterocycles. The van der Waals surface area contributed by atoms with Gasteiger partial charge in [0.25, 0.3) is 5.91 Å². The van der Waals surface area contributed by atoms with E-state index in [4.69, 9.17) is 9.47 Å². The maximum absolute atomic E-state index is 13.1. The highest BCUT2D eigenvalue weighted by Crippen LogP contribution is 2.26. The van der Waals surface area contributed by atoms with Crippen molar-refractivity contribution in [3.8, 4) is 11.5 Å². The highest BCUT2D eigenvalue weighted by molar-refractivity contribution is 9.10. The van der Waals surface area contributed by atoms with Crippen LogP contribution in [0.3, 0.4) is 0 Å². The van der Waals surface area contributed by atoms with Gasteiger partial charge in [0.15, 0.2) is 6.61 Å². The third-order valence-corrected chi connectivity index (χ3v) is 6.53. The van der Waals surface area contributed by atoms with E-state index >= 15 is 0 Å². The smallest absolute Gasteiger partial charge is 0.261 e. The van der Waals surface area contributed by atoms with Crippen molar-refractivity contribution in [2.75, 3.05) is 20.3 Å². The van der Waals surface area contributed by atoms with Gasteiger partial charge in [-0.3, -0.25) is 9.59 Å². The number of halogens is 1. The first-order valence-electron chi connectivity index (χ1n) is 10.9. The van der Waals surface area contributed by atoms with Crippen LogP contribution in [0.4, 0.5) is 0 Å². The van der Waals surface area contributed by atoms with Crippen LogP contribution in [-0.4, -0.2) is 43.0 Å². The minimum absolute atomic E-state index is 0.150. The summed E-state index contributed by atoms with van der Waals surface area (Å²) < 4.78 is 12.0. The van der Waals surface area contributed by atoms with Crippen molar-refractivity contribution in [2.24, 2.45) is 0 Å². The molecular weight excluding hydrogens is 472 g/mol. The Labute approximate surface area is 199 Å². The molecule has 0 aliphatic heterocycles. The Kier molecular flexibility index (Phi) is 10.0. The van der Waals surface area contributed by atoms with Crippen molar-refractivity contribution < 1.29 is 19.1 Å². The van der Waals surface area contributed by atoms with Crippen LogP contribution in [0, 0.1) is 13.8 Å². The number of carbonyl (C=O) groups is 2. The number of hydrogen-bond acceptors (Lipinski definition) is 4. The molecule has 2 aromatic carbocycles. The normalized spacial score (nSPS) is 11.6. The highest BCUT2D eigenvalue weighted by atomic mass is 79.9. The van der Waals surface area contributed by atoms with Crippen LogP contribution < -0.4 is 14.8 Å². The number of hydrogen-bond donors (Lipinski definition) is 1. The second-order valence-electron chi connectivity index (χ2n) is 7.85. The van der Waals surface area contributed by atoms with Crippen molar-refractivity contribution >= 4 is 27.7 Å². The van der Waals surface area contributed by atoms with Crippen LogP contribution >= 0.6 is 15.9 Å². The van der Waals surface area contributed by atoms with Crippen LogP contribution in [0.1, 0.15) is 43.4 Å². The minimum atomic E-state index is -0.626. The number of nitrogens with zero attached hydrogens (tertiary/aromatic N) is 1. The summed E-state index contributed by atoms with van der Waals surface area (Å²) in [6.45, 7) is 8.51. The average molecular weight is 505 g/mol. The number of nitrogens with one attached hydrogen (secondary N) is 1. The Hall–Kier alpha value is -2.54. The molecule has 2 amide bonds. The van der Waals surface area contributed by atoms with E-state index in [1.54, 1.807) is 18.9 Å². The zero-order valence-corrected chi connectivity index (χ0v) is 21.1. The fraction of sp³-hybridized carbons (Fsp3) is 0.440. The molecule has 1 atom stereocenters. The van der Waals surface area contributed by atoms with E-state index in [-0.39, 0.29) is 18.4 Å². The predicted octanol–water partition coefficient (Wildman–Crippen LogP) is 4.79. The molecule has 0 saturated carbocycles. The van der Waals surface area contributed by atoms with Crippen LogP contribution in [0.25, 0.3) is 0 Å². The second kappa shape index (κ2) is 12.5. The first-order valence-corrected chi connectivity index (χ1v) is 11.7. The van der Waals surface area contributed by atoms with Crippen LogP contribution in [0.15, 0.2) is 40.9 Å². The molecule has 6 nitrogen and oxygen atoms in total. The Bertz CT molecular complexity index is 892. The van der Waals surface area contributed by atoms with E-state index in [0.717, 1.165) is 39.8 Å². The highest BCUT2D eigenvalue weighted by Gasteiger charge is 2.26. The number of methoxy groups -OCH3 is 1. The SMILES string of the molecule is CCCCNC(=O)[C@@H](C)N(Cc1ccc(OC)cc1)C(=O)COc1cc(C)c(Br)c(C)c1. The summed E-state index contributed by atoms with van der Waals surface area (Å²) in [7, 11) is 1.61. The first-order chi connectivity index (χ1) is 15.3. The third-order valence-electron chi connectivity index (χ3n) is 5.28. The number of unbranched alkanes of at least 4 members (excludes halogenated alkanes) is 1. The molecule has 0 aliphatic rings. The molecule has 0 aliphatic carbocycles. The van der Waals surface area contributed by atoms with Crippen molar-refractivity contribution in [3.05, 3.63) is 57.6 Å². The Morgan fingerprint density at radius 1 is 1.09 bits per heavy atom. The van der Waals surface area contributed by atoms with Gasteiger partial charge in [0.05, 0.1) is 7.11 Å². The summed E-state index contributed by atoms with van der Waals surface area (Å²) in [5.41, 5.74) is 2.97. The van der Waals surface area contributed by atoms with Gasteiger partial charge in [-0.15, -0.1) is 0 Å². The zero-order chi connectivity index (χ0) is 23.7. The fourth-order valence-electron chi connectivity index (χ4n) is 3.26. The van der Waals surface area contributed by atoms with Gasteiger partial charge in [-0.2, -0.15) is 0 Å². The molecule has 0 unspecified atom stereocenters. The molecule has 32 heavy (non-hydrogen) atoms. The standard InChI is InChI=1S/C25H33BrN2O4/c1-6-7-12-27-25(30)19(4)28(15-20-8-10-21(31-5)11-9-20)23(29)16-32-22-13-17(2)24(26)18(3)14-22/h8-11,13-14,19H,6-7,12,15-16H2,1-5H3,(H,27,30)/t19-/m1/s1. The van der Waals surface area contributed by atoms with Crippen molar-refractivity contribution in [3.63, 3.8) is 0 Å². The number of amides is 2. The molecule has 0 saturated heterocycles. The number of aryl methyl sites for hydroxylation is 2. The third kappa shape index (κ3) is 7.26. The average Bonchev–Trinajstić information content (AvgIpc) is 2.79. The number of benzene rings is 2. The molecule has 174 valence electrons. The minimum Gasteiger partial charge on any atom is -0.497 e. The summed E-state index contributed by atoms with van der Waals surface area (Å²) in [5, 5.41) is 2.92. The lowest BCUT2D eigenvalue weighted by Gasteiger charge is -2.29. The fourth-order valence-corrected chi connectivity index (χ4v) is 3.49. The Morgan fingerprint density at radius 3 is 2.28 bits per heavy atom. The van der Waals surface area contributed by atoms with E-state index in [2.05, 4.69) is 28.2 Å². The number of ether oxygens (including phenoxy) is 2. The molecule has 2 aromatic rings. The number of rotatable bonds is 11. The maximum Gasteiger partial charge on any atom is 0.261 e. The quantitative estimate of drug-likeness (QED) is 0.446. The predicted molar refractivity (Wildman–Crippen MR) is 130 cm³/mol. The van der Waals surface area contributed by atoms with Crippen molar-refractivity contribution in [1.29, 1.82) is 0 Å². The molecule has 7 heteroatoms. The van der Waals surface area contributed by atoms with Gasteiger partial charge in [-0.25, -0.2) is 0 Å². The van der Waals surface area contributed by atoms with E-state index in [1.807, 2.05) is 50.2 Å². The summed E-state index contributed by atoms with van der Waals surface area (Å²) in [5.74, 6) is 0.940. The van der Waals surface area contributed by atoms with E-state index in [9.17, 15) is 9.59 Å². The summed E-state index contributed by atoms with van der Waals surface area (Å²) >= 11 is 3.54. The molecule has 2 rings (SSSR count). The summed E-state index contributed by atoms with van der Waals surface area (Å²) in [6.07, 6.45) is 1.89. The van der Waals surface area contributed by atoms with Gasteiger partial charge >= 0.3 is 0 Å². The van der Waals surface area contributed by atoms with Gasteiger partial charge in [-0.05, 0) is 68.1 Å². The van der Waals surface area contributed by atoms with Gasteiger partial charge in [0.1, 0.15) is 17.5 Å². The van der Waals surface area contributed by atoms with Crippen LogP contribution in [0.5, 0.6) is 11.5 Å². The summed E-state index contributed by atoms with van der Waals surface area (Å²) in [4.78, 5) is 27.4. The topological polar surface area (TPSA) is 67.9 Å². The van der Waals surface area contributed by atoms with Gasteiger partial charge < -0.3 is 19.7 Å². The second-order valence-corrected chi connectivity index (χ2v) is 8.64. The van der Waals surface area contributed by atoms with Crippen LogP contribution in [-0.2, 0) is 16.1 Å². The molecule has 0 fully saturated rings. The van der Waals surface area contributed by atoms with E-state index < -0.39 is 6.04 Å². The van der Waals surface area contributed by atoms with Gasteiger partial charge in [-0.1, -0.05) is 41.4 Å². The van der Waals surface area contributed by atoms with E-state index in [0.29, 0.717) is 18.8 Å². The summed E-state index contributed by atoms with van der Waals surface area (Å²) in [6, 6.07) is 10.6. The zero-order valence-electron chi connectivity index (χ0n) is 19.5. The van der Waals surface area contributed by atoms with Crippen molar-refractivity contribution in [2.45, 2.75) is 53.1 Å². The molecule has 0 radical (unpaired) electrons. The molecule has 1 N–H and O–H groups in total. The molecule has 0 heterocycles. The van der Waals surface area contributed by atoms with Crippen molar-refractivity contribution in [1.82, 2.24) is 10.2 Å². The van der Waals surface area contributed by atoms with E-state index in [1.165, 1.54) is 0 Å². The van der Waals surface area contributed by atoms with Gasteiger partial charge in [0, 0.05) is 17.6 Å². The largest absolute Gasteiger partial charge is 0.497 e. The molecular formula is C25H33BrN2O4.